The lowest BCUT2D eigenvalue weighted by Crippen LogP contribution is -2.29. The van der Waals surface area contributed by atoms with E-state index in [0.717, 1.165) is 0 Å². The highest BCUT2D eigenvalue weighted by Crippen LogP contribution is 2.09. The summed E-state index contributed by atoms with van der Waals surface area (Å²) in [6, 6.07) is 6.09. The lowest BCUT2D eigenvalue weighted by molar-refractivity contribution is 0.582. The van der Waals surface area contributed by atoms with Crippen molar-refractivity contribution in [2.24, 2.45) is 5.73 Å². The molecular formula is C10H12N2O2S. The second-order valence-electron chi connectivity index (χ2n) is 2.86. The minimum Gasteiger partial charge on any atom is -0.329 e. The number of sulfonamides is 1. The summed E-state index contributed by atoms with van der Waals surface area (Å²) in [7, 11) is -3.45. The van der Waals surface area contributed by atoms with Crippen molar-refractivity contribution >= 4 is 10.0 Å². The third-order valence-electron chi connectivity index (χ3n) is 1.77. The van der Waals surface area contributed by atoms with Gasteiger partial charge in [-0.15, -0.1) is 6.42 Å². The number of nitrogens with two attached hydrogens (primary N) is 1. The Morgan fingerprint density at radius 3 is 2.40 bits per heavy atom. The molecular weight excluding hydrogens is 212 g/mol. The second-order valence-corrected chi connectivity index (χ2v) is 4.62. The number of terminal acetylenes is 1. The van der Waals surface area contributed by atoms with Gasteiger partial charge in [0.25, 0.3) is 0 Å². The molecule has 0 bridgehead atoms. The first-order valence-electron chi connectivity index (χ1n) is 4.36. The number of hydrogen-bond donors (Lipinski definition) is 2. The van der Waals surface area contributed by atoms with Crippen molar-refractivity contribution in [3.05, 3.63) is 29.8 Å². The summed E-state index contributed by atoms with van der Waals surface area (Å²) in [6.45, 7) is 0.487. The molecule has 5 heteroatoms. The monoisotopic (exact) mass is 224 g/mol. The topological polar surface area (TPSA) is 72.2 Å². The Morgan fingerprint density at radius 1 is 1.33 bits per heavy atom. The fourth-order valence-corrected chi connectivity index (χ4v) is 2.05. The minimum atomic E-state index is -3.45. The number of benzene rings is 1. The maximum Gasteiger partial charge on any atom is 0.240 e. The molecule has 0 radical (unpaired) electrons. The van der Waals surface area contributed by atoms with Gasteiger partial charge in [-0.25, -0.2) is 13.1 Å². The van der Waals surface area contributed by atoms with Gasteiger partial charge in [-0.05, 0) is 24.3 Å². The quantitative estimate of drug-likeness (QED) is 0.702. The largest absolute Gasteiger partial charge is 0.329 e. The van der Waals surface area contributed by atoms with Crippen LogP contribution in [0.1, 0.15) is 5.56 Å². The van der Waals surface area contributed by atoms with Crippen LogP contribution in [0.3, 0.4) is 0 Å². The van der Waals surface area contributed by atoms with Gasteiger partial charge >= 0.3 is 0 Å². The predicted molar refractivity (Wildman–Crippen MR) is 58.6 cm³/mol. The Bertz CT molecular complexity index is 457. The molecule has 0 spiro atoms. The second kappa shape index (κ2) is 4.94. The summed E-state index contributed by atoms with van der Waals surface area (Å²) in [5.41, 5.74) is 5.85. The van der Waals surface area contributed by atoms with Gasteiger partial charge in [0.15, 0.2) is 0 Å². The van der Waals surface area contributed by atoms with E-state index in [1.54, 1.807) is 12.1 Å². The zero-order valence-electron chi connectivity index (χ0n) is 8.10. The predicted octanol–water partition coefficient (Wildman–Crippen LogP) is -0.0951. The van der Waals surface area contributed by atoms with E-state index in [2.05, 4.69) is 10.6 Å². The van der Waals surface area contributed by atoms with E-state index in [4.69, 9.17) is 12.2 Å². The van der Waals surface area contributed by atoms with Gasteiger partial charge in [-0.3, -0.25) is 0 Å². The highest BCUT2D eigenvalue weighted by Gasteiger charge is 2.11. The van der Waals surface area contributed by atoms with Crippen molar-refractivity contribution in [1.29, 1.82) is 0 Å². The van der Waals surface area contributed by atoms with Crippen LogP contribution < -0.4 is 10.5 Å². The molecule has 0 aliphatic carbocycles. The Kier molecular flexibility index (Phi) is 3.86. The van der Waals surface area contributed by atoms with Crippen LogP contribution in [-0.2, 0) is 10.0 Å². The van der Waals surface area contributed by atoms with Crippen molar-refractivity contribution in [1.82, 2.24) is 4.72 Å². The van der Waals surface area contributed by atoms with Gasteiger partial charge in [-0.2, -0.15) is 0 Å². The van der Waals surface area contributed by atoms with Gasteiger partial charge < -0.3 is 5.73 Å². The van der Waals surface area contributed by atoms with Crippen molar-refractivity contribution in [2.75, 3.05) is 13.1 Å². The van der Waals surface area contributed by atoms with E-state index >= 15 is 0 Å². The molecule has 0 amide bonds. The molecule has 0 fully saturated rings. The van der Waals surface area contributed by atoms with Gasteiger partial charge in [0, 0.05) is 18.7 Å². The van der Waals surface area contributed by atoms with E-state index in [-0.39, 0.29) is 18.0 Å². The fraction of sp³-hybridized carbons (Fsp3) is 0.200. The maximum atomic E-state index is 11.6. The Balaban J connectivity index is 2.92. The fourth-order valence-electron chi connectivity index (χ4n) is 1.01. The number of nitrogens with one attached hydrogen (secondary N) is 1. The number of rotatable bonds is 4. The SMILES string of the molecule is C#Cc1ccc(S(=O)(=O)NCCN)cc1. The average molecular weight is 224 g/mol. The van der Waals surface area contributed by atoms with Crippen molar-refractivity contribution in [3.8, 4) is 12.3 Å². The van der Waals surface area contributed by atoms with Crippen LogP contribution >= 0.6 is 0 Å². The molecule has 15 heavy (non-hydrogen) atoms. The highest BCUT2D eigenvalue weighted by atomic mass is 32.2. The van der Waals surface area contributed by atoms with E-state index < -0.39 is 10.0 Å². The summed E-state index contributed by atoms with van der Waals surface area (Å²) >= 11 is 0. The zero-order chi connectivity index (χ0) is 11.3. The lowest BCUT2D eigenvalue weighted by Gasteiger charge is -2.04. The van der Waals surface area contributed by atoms with Crippen LogP contribution in [-0.4, -0.2) is 21.5 Å². The van der Waals surface area contributed by atoms with Crippen LogP contribution in [0.5, 0.6) is 0 Å². The van der Waals surface area contributed by atoms with Crippen LogP contribution in [0.25, 0.3) is 0 Å². The normalized spacial score (nSPS) is 10.9. The minimum absolute atomic E-state index is 0.190. The van der Waals surface area contributed by atoms with Crippen molar-refractivity contribution < 1.29 is 8.42 Å². The summed E-state index contributed by atoms with van der Waals surface area (Å²) in [6.07, 6.45) is 5.16. The summed E-state index contributed by atoms with van der Waals surface area (Å²) in [5, 5.41) is 0. The highest BCUT2D eigenvalue weighted by molar-refractivity contribution is 7.89. The van der Waals surface area contributed by atoms with E-state index in [1.165, 1.54) is 12.1 Å². The molecule has 0 aliphatic heterocycles. The summed E-state index contributed by atoms with van der Waals surface area (Å²) in [4.78, 5) is 0.190. The van der Waals surface area contributed by atoms with Gasteiger partial charge in [0.2, 0.25) is 10.0 Å². The molecule has 0 aliphatic rings. The standard InChI is InChI=1S/C10H12N2O2S/c1-2-9-3-5-10(6-4-9)15(13,14)12-8-7-11/h1,3-6,12H,7-8,11H2. The third kappa shape index (κ3) is 3.06. The molecule has 0 atom stereocenters. The van der Waals surface area contributed by atoms with Gasteiger partial charge in [0.1, 0.15) is 0 Å². The zero-order valence-corrected chi connectivity index (χ0v) is 8.92. The van der Waals surface area contributed by atoms with Gasteiger partial charge in [-0.1, -0.05) is 5.92 Å². The average Bonchev–Trinajstić information content (AvgIpc) is 2.26. The van der Waals surface area contributed by atoms with Crippen LogP contribution in [0.4, 0.5) is 0 Å². The molecule has 0 unspecified atom stereocenters. The summed E-state index contributed by atoms with van der Waals surface area (Å²) < 4.78 is 25.5. The molecule has 0 heterocycles. The molecule has 1 aromatic rings. The molecule has 0 saturated carbocycles. The van der Waals surface area contributed by atoms with Gasteiger partial charge in [0.05, 0.1) is 4.90 Å². The van der Waals surface area contributed by atoms with E-state index in [9.17, 15) is 8.42 Å². The first kappa shape index (κ1) is 11.7. The summed E-state index contributed by atoms with van der Waals surface area (Å²) in [5.74, 6) is 2.41. The Morgan fingerprint density at radius 2 is 1.93 bits per heavy atom. The molecule has 1 aromatic carbocycles. The molecule has 3 N–H and O–H groups in total. The number of hydrogen-bond acceptors (Lipinski definition) is 3. The van der Waals surface area contributed by atoms with Crippen LogP contribution in [0, 0.1) is 12.3 Å². The maximum absolute atomic E-state index is 11.6. The smallest absolute Gasteiger partial charge is 0.240 e. The van der Waals surface area contributed by atoms with Crippen molar-refractivity contribution in [3.63, 3.8) is 0 Å². The van der Waals surface area contributed by atoms with E-state index in [0.29, 0.717) is 5.56 Å². The molecule has 0 saturated heterocycles. The van der Waals surface area contributed by atoms with Crippen LogP contribution in [0.15, 0.2) is 29.2 Å². The third-order valence-corrected chi connectivity index (χ3v) is 3.24. The first-order valence-corrected chi connectivity index (χ1v) is 5.85. The molecule has 4 nitrogen and oxygen atoms in total. The van der Waals surface area contributed by atoms with Crippen molar-refractivity contribution in [2.45, 2.75) is 4.90 Å². The molecule has 0 aromatic heterocycles. The first-order chi connectivity index (χ1) is 7.10. The molecule has 80 valence electrons. The Hall–Kier alpha value is -1.35. The molecule has 1 rings (SSSR count). The van der Waals surface area contributed by atoms with E-state index in [1.807, 2.05) is 0 Å². The lowest BCUT2D eigenvalue weighted by atomic mass is 10.2. The Labute approximate surface area is 89.5 Å². The van der Waals surface area contributed by atoms with Crippen LogP contribution in [0.2, 0.25) is 0 Å².